The number of fused-ring (bicyclic) bond motifs is 11. The first-order chi connectivity index (χ1) is 27.7. The van der Waals surface area contributed by atoms with Crippen LogP contribution in [0.2, 0.25) is 0 Å². The van der Waals surface area contributed by atoms with E-state index in [2.05, 4.69) is 115 Å². The average molecular weight is 711 g/mol. The van der Waals surface area contributed by atoms with Crippen molar-refractivity contribution in [2.24, 2.45) is 0 Å². The van der Waals surface area contributed by atoms with Crippen molar-refractivity contribution in [2.75, 3.05) is 0 Å². The lowest BCUT2D eigenvalue weighted by atomic mass is 9.91. The van der Waals surface area contributed by atoms with Gasteiger partial charge in [-0.25, -0.2) is 15.0 Å². The Morgan fingerprint density at radius 1 is 0.321 bits per heavy atom. The topological polar surface area (TPSA) is 62.5 Å². The Hall–Kier alpha value is -7.74. The highest BCUT2D eigenvalue weighted by Gasteiger charge is 2.21. The number of hydrogen-bond acceptors (Lipinski definition) is 4. The van der Waals surface area contributed by atoms with E-state index >= 15 is 0 Å². The minimum atomic E-state index is 0.461. The Kier molecular flexibility index (Phi) is 7.20. The summed E-state index contributed by atoms with van der Waals surface area (Å²) in [7, 11) is 0. The number of para-hydroxylation sites is 1. The van der Waals surface area contributed by atoms with Crippen molar-refractivity contribution in [3.8, 4) is 51.0 Å². The van der Waals surface area contributed by atoms with E-state index in [1.54, 1.807) is 0 Å². The maximum Gasteiger partial charge on any atom is 0.108 e. The zero-order valence-corrected chi connectivity index (χ0v) is 30.1. The van der Waals surface area contributed by atoms with Crippen molar-refractivity contribution in [1.82, 2.24) is 15.0 Å². The Labute approximate surface area is 322 Å². The van der Waals surface area contributed by atoms with Crippen molar-refractivity contribution >= 4 is 65.0 Å². The van der Waals surface area contributed by atoms with Gasteiger partial charge >= 0.3 is 0 Å². The van der Waals surface area contributed by atoms with Crippen LogP contribution in [0.4, 0.5) is 0 Å². The molecule has 0 aliphatic heterocycles. The van der Waals surface area contributed by atoms with Crippen LogP contribution in [0.3, 0.4) is 0 Å². The van der Waals surface area contributed by atoms with Crippen LogP contribution in [-0.4, -0.2) is 15.0 Å². The molecule has 0 aliphatic rings. The van der Waals surface area contributed by atoms with Crippen molar-refractivity contribution in [3.63, 3.8) is 0 Å². The molecule has 0 atom stereocenters. The lowest BCUT2D eigenvalue weighted by Gasteiger charge is -2.16. The minimum Gasteiger partial charge on any atom is -0.247 e. The normalized spacial score (nSPS) is 11.6. The predicted octanol–water partition coefficient (Wildman–Crippen LogP) is 13.3. The van der Waals surface area contributed by atoms with Gasteiger partial charge in [-0.15, -0.1) is 0 Å². The Morgan fingerprint density at radius 3 is 1.39 bits per heavy atom. The third-order valence-electron chi connectivity index (χ3n) is 11.1. The van der Waals surface area contributed by atoms with Crippen LogP contribution in [0, 0.1) is 11.3 Å². The fourth-order valence-electron chi connectivity index (χ4n) is 8.44. The second kappa shape index (κ2) is 12.7. The van der Waals surface area contributed by atoms with Gasteiger partial charge in [-0.2, -0.15) is 5.26 Å². The van der Waals surface area contributed by atoms with Gasteiger partial charge in [0.2, 0.25) is 0 Å². The monoisotopic (exact) mass is 710 g/mol. The molecular weight excluding hydrogens is 681 g/mol. The second-order valence-electron chi connectivity index (χ2n) is 14.2. The van der Waals surface area contributed by atoms with Gasteiger partial charge in [0.25, 0.3) is 0 Å². The summed E-state index contributed by atoms with van der Waals surface area (Å²) >= 11 is 0. The molecule has 0 aliphatic carbocycles. The second-order valence-corrected chi connectivity index (χ2v) is 14.2. The van der Waals surface area contributed by atoms with E-state index < -0.39 is 0 Å². The third kappa shape index (κ3) is 4.96. The lowest BCUT2D eigenvalue weighted by Crippen LogP contribution is -2.00. The molecule has 11 aromatic rings. The third-order valence-corrected chi connectivity index (χ3v) is 11.1. The largest absolute Gasteiger partial charge is 0.247 e. The molecule has 0 saturated carbocycles. The Balaban J connectivity index is 1.12. The first-order valence-corrected chi connectivity index (χ1v) is 18.8. The minimum absolute atomic E-state index is 0.461. The zero-order chi connectivity index (χ0) is 37.2. The fraction of sp³-hybridized carbons (Fsp3) is 0. The van der Waals surface area contributed by atoms with Crippen LogP contribution in [-0.2, 0) is 0 Å². The van der Waals surface area contributed by atoms with Gasteiger partial charge in [0.1, 0.15) is 11.6 Å². The van der Waals surface area contributed by atoms with Crippen LogP contribution >= 0.6 is 0 Å². The molecule has 11 rings (SSSR count). The summed E-state index contributed by atoms with van der Waals surface area (Å²) in [5.41, 5.74) is 10.0. The van der Waals surface area contributed by atoms with Crippen molar-refractivity contribution in [1.29, 1.82) is 5.26 Å². The highest BCUT2D eigenvalue weighted by Crippen LogP contribution is 2.41. The predicted molar refractivity (Wildman–Crippen MR) is 231 cm³/mol. The average Bonchev–Trinajstić information content (AvgIpc) is 3.28. The summed E-state index contributed by atoms with van der Waals surface area (Å²) < 4.78 is 0. The summed E-state index contributed by atoms with van der Waals surface area (Å²) in [5, 5.41) is 20.9. The molecule has 0 unspecified atom stereocenters. The number of nitriles is 1. The molecule has 0 fully saturated rings. The van der Waals surface area contributed by atoms with Gasteiger partial charge in [-0.1, -0.05) is 164 Å². The van der Waals surface area contributed by atoms with Crippen molar-refractivity contribution in [3.05, 3.63) is 188 Å². The number of benzene rings is 9. The molecule has 2 aromatic heterocycles. The molecule has 2 heterocycles. The number of nitrogens with zero attached hydrogens (tertiary/aromatic N) is 4. The summed E-state index contributed by atoms with van der Waals surface area (Å²) in [5.74, 6) is 0. The number of hydrogen-bond donors (Lipinski definition) is 0. The SMILES string of the molecule is N#Cc1cc2c(-c3ccc(-c4ccc5c6ccccc6c6ccccc6c5c4)cc3)nc3ccccc3c2c2nc(-c3ccccc3)c(-c3ccccc3)nc12. The van der Waals surface area contributed by atoms with Crippen molar-refractivity contribution in [2.45, 2.75) is 0 Å². The van der Waals surface area contributed by atoms with E-state index in [0.29, 0.717) is 16.6 Å². The molecule has 9 aromatic carbocycles. The molecule has 4 heteroatoms. The van der Waals surface area contributed by atoms with Crippen LogP contribution in [0.5, 0.6) is 0 Å². The van der Waals surface area contributed by atoms with Crippen LogP contribution < -0.4 is 0 Å². The molecule has 258 valence electrons. The highest BCUT2D eigenvalue weighted by atomic mass is 14.8. The molecule has 0 saturated heterocycles. The van der Waals surface area contributed by atoms with Crippen molar-refractivity contribution < 1.29 is 0 Å². The summed E-state index contributed by atoms with van der Waals surface area (Å²) in [6.45, 7) is 0. The van der Waals surface area contributed by atoms with E-state index in [4.69, 9.17) is 15.0 Å². The van der Waals surface area contributed by atoms with E-state index in [1.807, 2.05) is 72.8 Å². The maximum atomic E-state index is 10.6. The number of aromatic nitrogens is 3. The molecule has 0 spiro atoms. The molecule has 0 N–H and O–H groups in total. The van der Waals surface area contributed by atoms with Gasteiger partial charge < -0.3 is 0 Å². The van der Waals surface area contributed by atoms with E-state index in [0.717, 1.165) is 66.6 Å². The fourth-order valence-corrected chi connectivity index (χ4v) is 8.44. The van der Waals surface area contributed by atoms with Crippen LogP contribution in [0.25, 0.3) is 110 Å². The Bertz CT molecular complexity index is 3370. The smallest absolute Gasteiger partial charge is 0.108 e. The summed E-state index contributed by atoms with van der Waals surface area (Å²) in [4.78, 5) is 15.9. The molecular formula is C52H30N4. The molecule has 0 radical (unpaired) electrons. The number of rotatable bonds is 4. The number of pyridine rings is 1. The van der Waals surface area contributed by atoms with E-state index in [-0.39, 0.29) is 0 Å². The van der Waals surface area contributed by atoms with E-state index in [9.17, 15) is 5.26 Å². The van der Waals surface area contributed by atoms with Gasteiger partial charge in [0, 0.05) is 32.8 Å². The quantitative estimate of drug-likeness (QED) is 0.171. The zero-order valence-electron chi connectivity index (χ0n) is 30.1. The van der Waals surface area contributed by atoms with Gasteiger partial charge in [-0.3, -0.25) is 0 Å². The van der Waals surface area contributed by atoms with Crippen LogP contribution in [0.15, 0.2) is 182 Å². The van der Waals surface area contributed by atoms with Crippen LogP contribution in [0.1, 0.15) is 5.56 Å². The first kappa shape index (κ1) is 31.8. The summed E-state index contributed by atoms with van der Waals surface area (Å²) in [6.07, 6.45) is 0. The maximum absolute atomic E-state index is 10.6. The van der Waals surface area contributed by atoms with Gasteiger partial charge in [-0.05, 0) is 61.6 Å². The van der Waals surface area contributed by atoms with Gasteiger partial charge in [0.15, 0.2) is 0 Å². The standard InChI is InChI=1S/C52H30N4/c53-31-37-30-45-47(52-51(37)55-49(33-13-3-1-4-14-33)50(56-52)34-15-5-2-6-16-34)43-21-11-12-22-46(43)54-48(45)35-25-23-32(24-26-35)36-27-28-42-40-19-8-7-17-38(40)39-18-9-10-20-41(39)44(42)29-36/h1-30H. The lowest BCUT2D eigenvalue weighted by molar-refractivity contribution is 1.29. The molecule has 4 nitrogen and oxygen atoms in total. The summed E-state index contributed by atoms with van der Waals surface area (Å²) in [6, 6.07) is 65.6. The molecule has 0 bridgehead atoms. The first-order valence-electron chi connectivity index (χ1n) is 18.8. The molecule has 0 amide bonds. The van der Waals surface area contributed by atoms with Gasteiger partial charge in [0.05, 0.1) is 33.7 Å². The molecule has 56 heavy (non-hydrogen) atoms. The van der Waals surface area contributed by atoms with E-state index in [1.165, 1.54) is 32.3 Å². The Morgan fingerprint density at radius 2 is 0.786 bits per heavy atom. The highest BCUT2D eigenvalue weighted by molar-refractivity contribution is 6.26.